The molecule has 0 aliphatic heterocycles. The highest BCUT2D eigenvalue weighted by Crippen LogP contribution is 2.34. The van der Waals surface area contributed by atoms with Crippen LogP contribution in [0.25, 0.3) is 0 Å². The topological polar surface area (TPSA) is 35.2 Å². The summed E-state index contributed by atoms with van der Waals surface area (Å²) in [5.74, 6) is -11.8. The Hall–Kier alpha value is -2.31. The lowest BCUT2D eigenvalue weighted by Gasteiger charge is -2.12. The molecule has 0 aliphatic rings. The number of rotatable bonds is 2. The third-order valence-corrected chi connectivity index (χ3v) is 2.58. The number of anilines is 1. The zero-order valence-corrected chi connectivity index (χ0v) is 10.1. The first-order valence-corrected chi connectivity index (χ1v) is 5.38. The minimum absolute atomic E-state index is 0.0672. The van der Waals surface area contributed by atoms with Crippen LogP contribution in [0.1, 0.15) is 5.56 Å². The molecule has 0 heterocycles. The lowest BCUT2D eigenvalue weighted by atomic mass is 10.2. The Morgan fingerprint density at radius 3 is 1.85 bits per heavy atom. The Kier molecular flexibility index (Phi) is 3.52. The van der Waals surface area contributed by atoms with Gasteiger partial charge in [-0.1, -0.05) is 0 Å². The van der Waals surface area contributed by atoms with Gasteiger partial charge in [-0.2, -0.15) is 8.78 Å². The summed E-state index contributed by atoms with van der Waals surface area (Å²) < 4.78 is 70.5. The van der Waals surface area contributed by atoms with Gasteiger partial charge in [-0.15, -0.1) is 0 Å². The number of benzene rings is 2. The van der Waals surface area contributed by atoms with E-state index < -0.39 is 34.8 Å². The van der Waals surface area contributed by atoms with Crippen molar-refractivity contribution in [3.63, 3.8) is 0 Å². The van der Waals surface area contributed by atoms with Crippen LogP contribution in [0.4, 0.5) is 27.6 Å². The Balaban J connectivity index is 2.54. The summed E-state index contributed by atoms with van der Waals surface area (Å²) in [5.41, 5.74) is 6.23. The summed E-state index contributed by atoms with van der Waals surface area (Å²) in [6.07, 6.45) is 0. The van der Waals surface area contributed by atoms with E-state index in [1.807, 2.05) is 0 Å². The van der Waals surface area contributed by atoms with E-state index in [1.165, 1.54) is 25.1 Å². The molecule has 20 heavy (non-hydrogen) atoms. The van der Waals surface area contributed by atoms with Crippen LogP contribution in [0.5, 0.6) is 11.5 Å². The number of nitrogen functional groups attached to an aromatic ring is 1. The molecular formula is C13H8F5NO. The molecule has 0 radical (unpaired) electrons. The number of nitrogens with two attached hydrogens (primary N) is 1. The van der Waals surface area contributed by atoms with E-state index in [0.29, 0.717) is 11.3 Å². The van der Waals surface area contributed by atoms with E-state index >= 15 is 0 Å². The van der Waals surface area contributed by atoms with Crippen molar-refractivity contribution in [1.82, 2.24) is 0 Å². The number of aryl methyl sites for hydroxylation is 1. The highest BCUT2D eigenvalue weighted by atomic mass is 19.2. The van der Waals surface area contributed by atoms with Crippen LogP contribution in [0.2, 0.25) is 0 Å². The molecule has 2 aromatic rings. The molecule has 0 fully saturated rings. The first kappa shape index (κ1) is 14.1. The number of hydrogen-bond acceptors (Lipinski definition) is 2. The first-order valence-electron chi connectivity index (χ1n) is 5.38. The van der Waals surface area contributed by atoms with Crippen molar-refractivity contribution in [3.05, 3.63) is 52.8 Å². The molecule has 0 aliphatic carbocycles. The van der Waals surface area contributed by atoms with Crippen LogP contribution >= 0.6 is 0 Å². The zero-order chi connectivity index (χ0) is 15.0. The average Bonchev–Trinajstić information content (AvgIpc) is 2.41. The largest absolute Gasteiger partial charge is 0.451 e. The van der Waals surface area contributed by atoms with Crippen molar-refractivity contribution in [2.24, 2.45) is 0 Å². The fourth-order valence-electron chi connectivity index (χ4n) is 1.57. The molecule has 0 spiro atoms. The van der Waals surface area contributed by atoms with Gasteiger partial charge in [0.1, 0.15) is 5.75 Å². The second-order valence-electron chi connectivity index (χ2n) is 4.03. The number of ether oxygens (including phenoxy) is 1. The molecule has 2 aromatic carbocycles. The van der Waals surface area contributed by atoms with Crippen LogP contribution in [0, 0.1) is 36.0 Å². The second kappa shape index (κ2) is 4.99. The summed E-state index contributed by atoms with van der Waals surface area (Å²) in [7, 11) is 0. The van der Waals surface area contributed by atoms with Gasteiger partial charge in [0.25, 0.3) is 0 Å². The SMILES string of the molecule is Cc1cc(N)ccc1Oc1c(F)c(F)c(F)c(F)c1F. The molecule has 0 aromatic heterocycles. The monoisotopic (exact) mass is 289 g/mol. The maximum Gasteiger partial charge on any atom is 0.207 e. The summed E-state index contributed by atoms with van der Waals surface area (Å²) in [6, 6.07) is 4.07. The van der Waals surface area contributed by atoms with Gasteiger partial charge in [-0.3, -0.25) is 0 Å². The number of halogens is 5. The molecule has 7 heteroatoms. The van der Waals surface area contributed by atoms with Gasteiger partial charge >= 0.3 is 0 Å². The molecule has 0 atom stereocenters. The summed E-state index contributed by atoms with van der Waals surface area (Å²) in [6.45, 7) is 1.51. The fourth-order valence-corrected chi connectivity index (χ4v) is 1.57. The smallest absolute Gasteiger partial charge is 0.207 e. The van der Waals surface area contributed by atoms with Gasteiger partial charge < -0.3 is 10.5 Å². The van der Waals surface area contributed by atoms with Gasteiger partial charge in [-0.05, 0) is 30.7 Å². The molecule has 0 saturated carbocycles. The minimum atomic E-state index is -2.23. The van der Waals surface area contributed by atoms with E-state index in [-0.39, 0.29) is 5.75 Å². The molecule has 0 unspecified atom stereocenters. The molecule has 2 rings (SSSR count). The summed E-state index contributed by atoms with van der Waals surface area (Å²) in [5, 5.41) is 0. The first-order chi connectivity index (χ1) is 9.32. The maximum atomic E-state index is 13.4. The quantitative estimate of drug-likeness (QED) is 0.391. The molecule has 106 valence electrons. The van der Waals surface area contributed by atoms with Crippen molar-refractivity contribution in [2.75, 3.05) is 5.73 Å². The third kappa shape index (κ3) is 2.26. The van der Waals surface area contributed by atoms with Crippen LogP contribution in [-0.4, -0.2) is 0 Å². The fraction of sp³-hybridized carbons (Fsp3) is 0.0769. The van der Waals surface area contributed by atoms with Crippen molar-refractivity contribution in [1.29, 1.82) is 0 Å². The molecule has 0 bridgehead atoms. The van der Waals surface area contributed by atoms with Crippen LogP contribution in [-0.2, 0) is 0 Å². The van der Waals surface area contributed by atoms with Gasteiger partial charge in [0, 0.05) is 5.69 Å². The Morgan fingerprint density at radius 2 is 1.35 bits per heavy atom. The van der Waals surface area contributed by atoms with Crippen molar-refractivity contribution in [2.45, 2.75) is 6.92 Å². The standard InChI is InChI=1S/C13H8F5NO/c1-5-4-6(19)2-3-7(5)20-13-11(17)9(15)8(14)10(16)12(13)18/h2-4H,19H2,1H3. The second-order valence-corrected chi connectivity index (χ2v) is 4.03. The Morgan fingerprint density at radius 1 is 0.850 bits per heavy atom. The van der Waals surface area contributed by atoms with Gasteiger partial charge in [0.2, 0.25) is 34.8 Å². The van der Waals surface area contributed by atoms with Crippen LogP contribution in [0.3, 0.4) is 0 Å². The molecular weight excluding hydrogens is 281 g/mol. The third-order valence-electron chi connectivity index (χ3n) is 2.58. The van der Waals surface area contributed by atoms with Gasteiger partial charge in [-0.25, -0.2) is 13.2 Å². The lowest BCUT2D eigenvalue weighted by molar-refractivity contribution is 0.331. The highest BCUT2D eigenvalue weighted by Gasteiger charge is 2.27. The minimum Gasteiger partial charge on any atom is -0.451 e. The van der Waals surface area contributed by atoms with Gasteiger partial charge in [0.15, 0.2) is 0 Å². The summed E-state index contributed by atoms with van der Waals surface area (Å²) in [4.78, 5) is 0. The van der Waals surface area contributed by atoms with Crippen molar-refractivity contribution < 1.29 is 26.7 Å². The lowest BCUT2D eigenvalue weighted by Crippen LogP contribution is -2.04. The predicted molar refractivity (Wildman–Crippen MR) is 61.9 cm³/mol. The van der Waals surface area contributed by atoms with E-state index in [9.17, 15) is 22.0 Å². The summed E-state index contributed by atoms with van der Waals surface area (Å²) >= 11 is 0. The van der Waals surface area contributed by atoms with E-state index in [4.69, 9.17) is 10.5 Å². The van der Waals surface area contributed by atoms with E-state index in [0.717, 1.165) is 0 Å². The molecule has 2 nitrogen and oxygen atoms in total. The molecule has 0 saturated heterocycles. The molecule has 2 N–H and O–H groups in total. The van der Waals surface area contributed by atoms with Crippen LogP contribution < -0.4 is 10.5 Å². The maximum absolute atomic E-state index is 13.4. The van der Waals surface area contributed by atoms with E-state index in [1.54, 1.807) is 0 Å². The van der Waals surface area contributed by atoms with E-state index in [2.05, 4.69) is 0 Å². The van der Waals surface area contributed by atoms with Crippen molar-refractivity contribution in [3.8, 4) is 11.5 Å². The predicted octanol–water partition coefficient (Wildman–Crippen LogP) is 4.07. The van der Waals surface area contributed by atoms with Crippen molar-refractivity contribution >= 4 is 5.69 Å². The average molecular weight is 289 g/mol. The van der Waals surface area contributed by atoms with Crippen LogP contribution in [0.15, 0.2) is 18.2 Å². The number of hydrogen-bond donors (Lipinski definition) is 1. The molecule has 0 amide bonds. The zero-order valence-electron chi connectivity index (χ0n) is 10.1. The Labute approximate surface area is 110 Å². The highest BCUT2D eigenvalue weighted by molar-refractivity contribution is 5.48. The normalized spacial score (nSPS) is 10.7. The Bertz CT molecular complexity index is 658. The van der Waals surface area contributed by atoms with Gasteiger partial charge in [0.05, 0.1) is 0 Å².